The molecule has 0 N–H and O–H groups in total. The molecular weight excluding hydrogens is 408 g/mol. The van der Waals surface area contributed by atoms with Gasteiger partial charge in [0.05, 0.1) is 17.9 Å². The molecule has 1 saturated heterocycles. The second-order valence-corrected chi connectivity index (χ2v) is 7.33. The Hall–Kier alpha value is -3.78. The second-order valence-electron chi connectivity index (χ2n) is 7.33. The minimum Gasteiger partial charge on any atom is -0.382 e. The largest absolute Gasteiger partial charge is 0.382 e. The van der Waals surface area contributed by atoms with Gasteiger partial charge in [-0.25, -0.2) is 9.48 Å². The molecule has 4 rings (SSSR count). The second kappa shape index (κ2) is 9.57. The normalized spacial score (nSPS) is 14.0. The van der Waals surface area contributed by atoms with Crippen LogP contribution in [0.25, 0.3) is 16.9 Å². The van der Waals surface area contributed by atoms with E-state index in [1.165, 1.54) is 0 Å². The first-order chi connectivity index (χ1) is 15.6. The fraction of sp³-hybridized carbons (Fsp3) is 0.250. The first-order valence-corrected chi connectivity index (χ1v) is 10.5. The summed E-state index contributed by atoms with van der Waals surface area (Å²) < 4.78 is 6.98. The highest BCUT2D eigenvalue weighted by Crippen LogP contribution is 2.26. The molecule has 0 saturated carbocycles. The molecule has 0 atom stereocenters. The van der Waals surface area contributed by atoms with Crippen LogP contribution >= 0.6 is 0 Å². The van der Waals surface area contributed by atoms with Crippen LogP contribution in [0.5, 0.6) is 0 Å². The third-order valence-electron chi connectivity index (χ3n) is 5.20. The van der Waals surface area contributed by atoms with Gasteiger partial charge in [-0.2, -0.15) is 5.10 Å². The Labute approximate surface area is 186 Å². The van der Waals surface area contributed by atoms with E-state index in [9.17, 15) is 14.4 Å². The van der Waals surface area contributed by atoms with E-state index >= 15 is 0 Å². The molecule has 0 unspecified atom stereocenters. The van der Waals surface area contributed by atoms with Gasteiger partial charge in [-0.1, -0.05) is 48.5 Å². The molecule has 0 radical (unpaired) electrons. The Morgan fingerprint density at radius 1 is 0.875 bits per heavy atom. The molecule has 32 heavy (non-hydrogen) atoms. The molecule has 1 aliphatic heterocycles. The van der Waals surface area contributed by atoms with Gasteiger partial charge >= 0.3 is 17.8 Å². The smallest absolute Gasteiger partial charge is 0.334 e. The number of para-hydroxylation sites is 1. The summed E-state index contributed by atoms with van der Waals surface area (Å²) in [5, 5.41) is 4.70. The number of urea groups is 1. The van der Waals surface area contributed by atoms with E-state index in [1.807, 2.05) is 67.6 Å². The van der Waals surface area contributed by atoms with Gasteiger partial charge in [0.15, 0.2) is 0 Å². The first kappa shape index (κ1) is 21.5. The Morgan fingerprint density at radius 3 is 2.22 bits per heavy atom. The minimum absolute atomic E-state index is 0.0393. The quantitative estimate of drug-likeness (QED) is 0.294. The van der Waals surface area contributed by atoms with Gasteiger partial charge < -0.3 is 4.74 Å². The van der Waals surface area contributed by atoms with Crippen molar-refractivity contribution in [2.45, 2.75) is 19.9 Å². The maximum Gasteiger partial charge on any atom is 0.334 e. The van der Waals surface area contributed by atoms with Crippen LogP contribution in [0, 0.1) is 0 Å². The van der Waals surface area contributed by atoms with Gasteiger partial charge in [0.25, 0.3) is 0 Å². The predicted molar refractivity (Wildman–Crippen MR) is 118 cm³/mol. The number of aromatic nitrogens is 2. The van der Waals surface area contributed by atoms with Crippen molar-refractivity contribution in [3.63, 3.8) is 0 Å². The molecule has 1 aliphatic rings. The van der Waals surface area contributed by atoms with Crippen LogP contribution in [0.15, 0.2) is 66.9 Å². The lowest BCUT2D eigenvalue weighted by Crippen LogP contribution is -2.34. The first-order valence-electron chi connectivity index (χ1n) is 10.5. The summed E-state index contributed by atoms with van der Waals surface area (Å²) in [5.41, 5.74) is 3.03. The third kappa shape index (κ3) is 4.31. The SMILES string of the molecule is CCOCCCN1C(=O)C(=O)N(Cc2cn(-c3ccccc3)nc2-c2ccccc2)C1=O. The fourth-order valence-electron chi connectivity index (χ4n) is 3.60. The molecule has 164 valence electrons. The van der Waals surface area contributed by atoms with E-state index in [0.29, 0.717) is 30.9 Å². The van der Waals surface area contributed by atoms with Crippen LogP contribution in [0.3, 0.4) is 0 Å². The van der Waals surface area contributed by atoms with Crippen molar-refractivity contribution < 1.29 is 19.1 Å². The lowest BCUT2D eigenvalue weighted by Gasteiger charge is -2.15. The molecule has 2 aromatic carbocycles. The fourth-order valence-corrected chi connectivity index (χ4v) is 3.60. The van der Waals surface area contributed by atoms with E-state index in [-0.39, 0.29) is 13.1 Å². The maximum absolute atomic E-state index is 12.9. The Kier molecular flexibility index (Phi) is 6.42. The molecule has 2 heterocycles. The van der Waals surface area contributed by atoms with Crippen molar-refractivity contribution in [1.82, 2.24) is 19.6 Å². The number of benzene rings is 2. The molecule has 1 aromatic heterocycles. The highest BCUT2D eigenvalue weighted by Gasteiger charge is 2.44. The summed E-state index contributed by atoms with van der Waals surface area (Å²) in [4.78, 5) is 39.9. The number of amides is 4. The summed E-state index contributed by atoms with van der Waals surface area (Å²) >= 11 is 0. The Morgan fingerprint density at radius 2 is 1.53 bits per heavy atom. The van der Waals surface area contributed by atoms with E-state index in [4.69, 9.17) is 9.84 Å². The molecule has 3 aromatic rings. The number of hydrogen-bond donors (Lipinski definition) is 0. The summed E-state index contributed by atoms with van der Waals surface area (Å²) in [6, 6.07) is 18.5. The minimum atomic E-state index is -0.821. The van der Waals surface area contributed by atoms with Crippen LogP contribution in [0.4, 0.5) is 4.79 Å². The summed E-state index contributed by atoms with van der Waals surface area (Å²) in [6.07, 6.45) is 2.27. The van der Waals surface area contributed by atoms with E-state index in [1.54, 1.807) is 10.9 Å². The lowest BCUT2D eigenvalue weighted by molar-refractivity contribution is -0.143. The number of carbonyl (C=O) groups is 3. The highest BCUT2D eigenvalue weighted by molar-refractivity contribution is 6.44. The number of hydrogen-bond acceptors (Lipinski definition) is 5. The summed E-state index contributed by atoms with van der Waals surface area (Å²) in [7, 11) is 0. The zero-order valence-corrected chi connectivity index (χ0v) is 17.8. The molecular formula is C24H24N4O4. The number of imide groups is 2. The molecule has 0 bridgehead atoms. The van der Waals surface area contributed by atoms with Crippen LogP contribution < -0.4 is 0 Å². The van der Waals surface area contributed by atoms with Crippen molar-refractivity contribution in [2.24, 2.45) is 0 Å². The van der Waals surface area contributed by atoms with Crippen molar-refractivity contribution >= 4 is 17.8 Å². The van der Waals surface area contributed by atoms with Crippen LogP contribution in [-0.4, -0.2) is 57.2 Å². The molecule has 1 fully saturated rings. The van der Waals surface area contributed by atoms with Crippen LogP contribution in [0.2, 0.25) is 0 Å². The van der Waals surface area contributed by atoms with Crippen molar-refractivity contribution in [1.29, 1.82) is 0 Å². The topological polar surface area (TPSA) is 84.7 Å². The van der Waals surface area contributed by atoms with Crippen LogP contribution in [-0.2, 0) is 20.9 Å². The van der Waals surface area contributed by atoms with Gasteiger partial charge in [-0.15, -0.1) is 0 Å². The van der Waals surface area contributed by atoms with Gasteiger partial charge in [0.1, 0.15) is 0 Å². The monoisotopic (exact) mass is 432 g/mol. The van der Waals surface area contributed by atoms with Crippen molar-refractivity contribution in [3.05, 3.63) is 72.4 Å². The van der Waals surface area contributed by atoms with Gasteiger partial charge in [-0.3, -0.25) is 19.4 Å². The number of carbonyl (C=O) groups excluding carboxylic acids is 3. The van der Waals surface area contributed by atoms with Crippen molar-refractivity contribution in [2.75, 3.05) is 19.8 Å². The number of rotatable bonds is 9. The standard InChI is InChI=1S/C24H24N4O4/c1-2-32-15-9-14-26-22(29)23(30)27(24(26)31)16-19-17-28(20-12-7-4-8-13-20)25-21(19)18-10-5-3-6-11-18/h3-8,10-13,17H,2,9,14-16H2,1H3. The highest BCUT2D eigenvalue weighted by atomic mass is 16.5. The molecule has 4 amide bonds. The molecule has 0 aliphatic carbocycles. The number of ether oxygens (including phenoxy) is 1. The lowest BCUT2D eigenvalue weighted by atomic mass is 10.1. The van der Waals surface area contributed by atoms with Crippen LogP contribution in [0.1, 0.15) is 18.9 Å². The van der Waals surface area contributed by atoms with Gasteiger partial charge in [0, 0.05) is 37.1 Å². The maximum atomic E-state index is 12.9. The Bertz CT molecular complexity index is 1110. The summed E-state index contributed by atoms with van der Waals surface area (Å²) in [5.74, 6) is -1.62. The Balaban J connectivity index is 1.62. The molecule has 8 nitrogen and oxygen atoms in total. The number of nitrogens with zero attached hydrogens (tertiary/aromatic N) is 4. The average molecular weight is 432 g/mol. The molecule has 8 heteroatoms. The van der Waals surface area contributed by atoms with Gasteiger partial charge in [-0.05, 0) is 25.5 Å². The third-order valence-corrected chi connectivity index (χ3v) is 5.20. The average Bonchev–Trinajstić information content (AvgIpc) is 3.34. The van der Waals surface area contributed by atoms with E-state index in [0.717, 1.165) is 21.1 Å². The zero-order chi connectivity index (χ0) is 22.5. The van der Waals surface area contributed by atoms with E-state index < -0.39 is 17.8 Å². The van der Waals surface area contributed by atoms with Crippen molar-refractivity contribution in [3.8, 4) is 16.9 Å². The van der Waals surface area contributed by atoms with E-state index in [2.05, 4.69) is 0 Å². The molecule has 0 spiro atoms. The summed E-state index contributed by atoms with van der Waals surface area (Å²) in [6.45, 7) is 2.96. The van der Waals surface area contributed by atoms with Gasteiger partial charge in [0.2, 0.25) is 0 Å². The predicted octanol–water partition coefficient (Wildman–Crippen LogP) is 3.26. The zero-order valence-electron chi connectivity index (χ0n) is 17.8.